The van der Waals surface area contributed by atoms with E-state index in [2.05, 4.69) is 10.3 Å². The van der Waals surface area contributed by atoms with E-state index in [1.807, 2.05) is 77.1 Å². The number of hydrogen-bond donors (Lipinski definition) is 4. The van der Waals surface area contributed by atoms with Crippen molar-refractivity contribution in [2.24, 2.45) is 23.7 Å². The molecule has 1 heterocycles. The first kappa shape index (κ1) is 38.6. The minimum atomic E-state index is -4.02. The maximum Gasteiger partial charge on any atom is 0.294 e. The van der Waals surface area contributed by atoms with Gasteiger partial charge in [-0.3, -0.25) is 39.5 Å². The number of carbonyl (C=O) groups excluding carboxylic acids is 3. The number of benzene rings is 2. The van der Waals surface area contributed by atoms with E-state index in [9.17, 15) is 28.0 Å². The first-order chi connectivity index (χ1) is 21.7. The Labute approximate surface area is 273 Å². The second-order valence-corrected chi connectivity index (χ2v) is 13.9. The van der Waals surface area contributed by atoms with Crippen LogP contribution < -0.4 is 10.9 Å². The Balaban J connectivity index is 0.000000562. The van der Waals surface area contributed by atoms with Gasteiger partial charge in [-0.2, -0.15) is 8.42 Å². The third kappa shape index (κ3) is 13.8. The SMILES string of the molecule is CC(C)C[C@@H](C(=O)NN(CC(C)C)C(=O)CN1CCCC1)[C@H](CC=Cc1ccccc1)C(=O)NO.Cc1ccc(S(=O)(=O)O)cc1. The van der Waals surface area contributed by atoms with Gasteiger partial charge in [-0.15, -0.1) is 0 Å². The number of rotatable bonds is 13. The highest BCUT2D eigenvalue weighted by Gasteiger charge is 2.35. The summed E-state index contributed by atoms with van der Waals surface area (Å²) in [6.07, 6.45) is 6.62. The zero-order chi connectivity index (χ0) is 34.3. The molecule has 0 spiro atoms. The first-order valence-electron chi connectivity index (χ1n) is 15.7. The Morgan fingerprint density at radius 1 is 0.913 bits per heavy atom. The van der Waals surface area contributed by atoms with E-state index in [4.69, 9.17) is 4.55 Å². The molecule has 254 valence electrons. The number of hydrogen-bond acceptors (Lipinski definition) is 7. The highest BCUT2D eigenvalue weighted by Crippen LogP contribution is 2.26. The van der Waals surface area contributed by atoms with Crippen LogP contribution in [0.1, 0.15) is 64.5 Å². The molecule has 3 amide bonds. The van der Waals surface area contributed by atoms with Crippen molar-refractivity contribution in [2.45, 2.75) is 65.2 Å². The molecular formula is C34H50N4O7S. The quantitative estimate of drug-likeness (QED) is 0.137. The van der Waals surface area contributed by atoms with Crippen LogP contribution in [0.3, 0.4) is 0 Å². The lowest BCUT2D eigenvalue weighted by Gasteiger charge is -2.31. The van der Waals surface area contributed by atoms with Crippen molar-refractivity contribution in [2.75, 3.05) is 26.2 Å². The van der Waals surface area contributed by atoms with Crippen LogP contribution in [0, 0.1) is 30.6 Å². The number of allylic oxidation sites excluding steroid dienone is 1. The van der Waals surface area contributed by atoms with Crippen molar-refractivity contribution in [3.8, 4) is 0 Å². The van der Waals surface area contributed by atoms with Gasteiger partial charge in [-0.05, 0) is 75.2 Å². The van der Waals surface area contributed by atoms with Gasteiger partial charge in [-0.1, -0.05) is 87.9 Å². The topological polar surface area (TPSA) is 156 Å². The summed E-state index contributed by atoms with van der Waals surface area (Å²) >= 11 is 0. The number of aryl methyl sites for hydroxylation is 1. The molecule has 0 aromatic heterocycles. The summed E-state index contributed by atoms with van der Waals surface area (Å²) < 4.78 is 29.6. The molecule has 1 aliphatic rings. The zero-order valence-corrected chi connectivity index (χ0v) is 28.4. The summed E-state index contributed by atoms with van der Waals surface area (Å²) in [5.41, 5.74) is 6.50. The van der Waals surface area contributed by atoms with E-state index >= 15 is 0 Å². The van der Waals surface area contributed by atoms with Crippen molar-refractivity contribution in [3.63, 3.8) is 0 Å². The molecule has 12 heteroatoms. The van der Waals surface area contributed by atoms with E-state index in [-0.39, 0.29) is 41.5 Å². The normalized spacial score (nSPS) is 14.9. The minimum Gasteiger partial charge on any atom is -0.294 e. The maximum atomic E-state index is 13.5. The monoisotopic (exact) mass is 658 g/mol. The summed E-state index contributed by atoms with van der Waals surface area (Å²) in [6.45, 7) is 12.2. The van der Waals surface area contributed by atoms with Crippen LogP contribution in [-0.4, -0.2) is 72.0 Å². The van der Waals surface area contributed by atoms with Crippen molar-refractivity contribution in [3.05, 3.63) is 71.8 Å². The summed E-state index contributed by atoms with van der Waals surface area (Å²) in [5.74, 6) is -2.33. The number of amides is 3. The fourth-order valence-electron chi connectivity index (χ4n) is 5.13. The van der Waals surface area contributed by atoms with Crippen molar-refractivity contribution >= 4 is 33.9 Å². The predicted octanol–water partition coefficient (Wildman–Crippen LogP) is 4.73. The third-order valence-corrected chi connectivity index (χ3v) is 8.33. The lowest BCUT2D eigenvalue weighted by Crippen LogP contribution is -2.54. The number of nitrogens with zero attached hydrogens (tertiary/aromatic N) is 2. The van der Waals surface area contributed by atoms with Gasteiger partial charge in [0.05, 0.1) is 23.3 Å². The molecule has 0 radical (unpaired) electrons. The second kappa shape index (κ2) is 19.2. The molecule has 46 heavy (non-hydrogen) atoms. The fourth-order valence-corrected chi connectivity index (χ4v) is 5.61. The molecule has 1 fully saturated rings. The van der Waals surface area contributed by atoms with Gasteiger partial charge in [0.2, 0.25) is 11.8 Å². The van der Waals surface area contributed by atoms with Crippen LogP contribution in [-0.2, 0) is 24.5 Å². The zero-order valence-electron chi connectivity index (χ0n) is 27.6. The molecule has 2 atom stereocenters. The third-order valence-electron chi connectivity index (χ3n) is 7.46. The van der Waals surface area contributed by atoms with Gasteiger partial charge >= 0.3 is 0 Å². The number of nitrogens with one attached hydrogen (secondary N) is 2. The van der Waals surface area contributed by atoms with E-state index in [1.165, 1.54) is 17.1 Å². The van der Waals surface area contributed by atoms with E-state index < -0.39 is 27.9 Å². The lowest BCUT2D eigenvalue weighted by atomic mass is 9.82. The summed E-state index contributed by atoms with van der Waals surface area (Å²) in [7, 11) is -4.02. The van der Waals surface area contributed by atoms with Crippen LogP contribution in [0.25, 0.3) is 6.08 Å². The van der Waals surface area contributed by atoms with Crippen LogP contribution >= 0.6 is 0 Å². The molecule has 0 aliphatic carbocycles. The molecule has 0 saturated carbocycles. The van der Waals surface area contributed by atoms with E-state index in [1.54, 1.807) is 17.6 Å². The first-order valence-corrected chi connectivity index (χ1v) is 17.2. The van der Waals surface area contributed by atoms with Gasteiger partial charge < -0.3 is 0 Å². The molecule has 4 N–H and O–H groups in total. The minimum absolute atomic E-state index is 0.0666. The Hall–Kier alpha value is -3.58. The van der Waals surface area contributed by atoms with Crippen LogP contribution in [0.5, 0.6) is 0 Å². The number of hydrazine groups is 1. The van der Waals surface area contributed by atoms with Crippen molar-refractivity contribution in [1.82, 2.24) is 20.8 Å². The average molecular weight is 659 g/mol. The summed E-state index contributed by atoms with van der Waals surface area (Å²) in [6, 6.07) is 15.7. The molecule has 1 aliphatic heterocycles. The Bertz CT molecular complexity index is 1370. The number of hydroxylamine groups is 1. The van der Waals surface area contributed by atoms with Crippen LogP contribution in [0.4, 0.5) is 0 Å². The smallest absolute Gasteiger partial charge is 0.294 e. The predicted molar refractivity (Wildman–Crippen MR) is 178 cm³/mol. The van der Waals surface area contributed by atoms with Gasteiger partial charge in [0.1, 0.15) is 0 Å². The Morgan fingerprint density at radius 2 is 1.52 bits per heavy atom. The van der Waals surface area contributed by atoms with Crippen LogP contribution in [0.15, 0.2) is 65.6 Å². The molecular weight excluding hydrogens is 608 g/mol. The summed E-state index contributed by atoms with van der Waals surface area (Å²) in [4.78, 5) is 41.2. The molecule has 2 aromatic rings. The molecule has 11 nitrogen and oxygen atoms in total. The van der Waals surface area contributed by atoms with Gasteiger partial charge in [-0.25, -0.2) is 5.48 Å². The molecule has 2 aromatic carbocycles. The fraction of sp³-hybridized carbons (Fsp3) is 0.500. The van der Waals surface area contributed by atoms with Crippen molar-refractivity contribution < 1.29 is 32.6 Å². The van der Waals surface area contributed by atoms with Crippen molar-refractivity contribution in [1.29, 1.82) is 0 Å². The van der Waals surface area contributed by atoms with Gasteiger partial charge in [0.25, 0.3) is 16.0 Å². The average Bonchev–Trinajstić information content (AvgIpc) is 3.51. The highest BCUT2D eigenvalue weighted by atomic mass is 32.2. The largest absolute Gasteiger partial charge is 0.294 e. The van der Waals surface area contributed by atoms with E-state index in [0.29, 0.717) is 13.0 Å². The molecule has 0 bridgehead atoms. The molecule has 0 unspecified atom stereocenters. The molecule has 1 saturated heterocycles. The Morgan fingerprint density at radius 3 is 2.04 bits per heavy atom. The summed E-state index contributed by atoms with van der Waals surface area (Å²) in [5, 5.41) is 10.8. The number of likely N-dealkylation sites (tertiary alicyclic amines) is 1. The van der Waals surface area contributed by atoms with Gasteiger partial charge in [0.15, 0.2) is 0 Å². The second-order valence-electron chi connectivity index (χ2n) is 12.5. The van der Waals surface area contributed by atoms with Crippen LogP contribution in [0.2, 0.25) is 0 Å². The van der Waals surface area contributed by atoms with E-state index in [0.717, 1.165) is 37.1 Å². The lowest BCUT2D eigenvalue weighted by molar-refractivity contribution is -0.148. The number of carbonyl (C=O) groups is 3. The molecule has 3 rings (SSSR count). The standard InChI is InChI=1S/C27H42N4O4.C7H8O3S/c1-20(2)17-24(23(27(34)29-35)14-10-13-22-11-6-5-7-12-22)26(33)28-31(18-21(3)4)25(32)19-30-15-8-9-16-30;1-6-2-4-7(5-3-6)11(8,9)10/h5-7,10-13,20-21,23-24,35H,8-9,14-19H2,1-4H3,(H,28,33)(H,29,34);2-5H,1H3,(H,8,9,10)/t23-,24+;/m0./s1. The Kier molecular flexibility index (Phi) is 16.1. The maximum absolute atomic E-state index is 13.5. The highest BCUT2D eigenvalue weighted by molar-refractivity contribution is 7.85. The van der Waals surface area contributed by atoms with Gasteiger partial charge in [0, 0.05) is 6.54 Å².